The van der Waals surface area contributed by atoms with Gasteiger partial charge in [-0.3, -0.25) is 0 Å². The number of alkyl halides is 3. The summed E-state index contributed by atoms with van der Waals surface area (Å²) in [4.78, 5) is 0. The summed E-state index contributed by atoms with van der Waals surface area (Å²) in [6, 6.07) is 1.62. The van der Waals surface area contributed by atoms with E-state index in [2.05, 4.69) is 0 Å². The second kappa shape index (κ2) is 4.55. The highest BCUT2D eigenvalue weighted by Gasteiger charge is 2.39. The molecular formula is C9H6ClF5O. The van der Waals surface area contributed by atoms with Gasteiger partial charge in [-0.05, 0) is 12.1 Å². The highest BCUT2D eigenvalue weighted by Crippen LogP contribution is 2.27. The summed E-state index contributed by atoms with van der Waals surface area (Å²) in [7, 11) is 0. The number of hydrogen-bond acceptors (Lipinski definition) is 1. The summed E-state index contributed by atoms with van der Waals surface area (Å²) >= 11 is 5.28. The maximum Gasteiger partial charge on any atom is 0.414 e. The Morgan fingerprint density at radius 3 is 2.31 bits per heavy atom. The fourth-order valence-corrected chi connectivity index (χ4v) is 1.24. The lowest BCUT2D eigenvalue weighted by molar-refractivity contribution is -0.203. The van der Waals surface area contributed by atoms with Gasteiger partial charge in [0.15, 0.2) is 6.10 Å². The van der Waals surface area contributed by atoms with E-state index in [1.807, 2.05) is 0 Å². The van der Waals surface area contributed by atoms with Gasteiger partial charge in [0, 0.05) is 12.0 Å². The lowest BCUT2D eigenvalue weighted by Gasteiger charge is -2.15. The third-order valence-corrected chi connectivity index (χ3v) is 2.21. The largest absolute Gasteiger partial charge is 0.414 e. The zero-order valence-electron chi connectivity index (χ0n) is 7.65. The summed E-state index contributed by atoms with van der Waals surface area (Å²) in [5.41, 5.74) is -0.877. The van der Waals surface area contributed by atoms with Crippen LogP contribution in [-0.4, -0.2) is 17.4 Å². The van der Waals surface area contributed by atoms with E-state index < -0.39 is 40.9 Å². The van der Waals surface area contributed by atoms with Gasteiger partial charge in [0.05, 0.1) is 5.02 Å². The van der Waals surface area contributed by atoms with Crippen molar-refractivity contribution in [2.45, 2.75) is 18.7 Å². The molecular weight excluding hydrogens is 255 g/mol. The lowest BCUT2D eigenvalue weighted by Crippen LogP contribution is -2.31. The van der Waals surface area contributed by atoms with Gasteiger partial charge in [-0.15, -0.1) is 0 Å². The molecule has 0 heterocycles. The first-order valence-corrected chi connectivity index (χ1v) is 4.48. The van der Waals surface area contributed by atoms with Crippen molar-refractivity contribution in [3.63, 3.8) is 0 Å². The molecule has 7 heteroatoms. The van der Waals surface area contributed by atoms with Gasteiger partial charge in [-0.1, -0.05) is 11.6 Å². The van der Waals surface area contributed by atoms with Gasteiger partial charge in [0.2, 0.25) is 0 Å². The van der Waals surface area contributed by atoms with Crippen molar-refractivity contribution >= 4 is 11.6 Å². The van der Waals surface area contributed by atoms with Crippen molar-refractivity contribution in [2.75, 3.05) is 0 Å². The molecule has 0 saturated carbocycles. The fourth-order valence-electron chi connectivity index (χ4n) is 1.07. The average molecular weight is 261 g/mol. The summed E-state index contributed by atoms with van der Waals surface area (Å²) in [5.74, 6) is -2.46. The Balaban J connectivity index is 3.02. The van der Waals surface area contributed by atoms with E-state index in [4.69, 9.17) is 16.7 Å². The van der Waals surface area contributed by atoms with Crippen LogP contribution < -0.4 is 0 Å². The van der Waals surface area contributed by atoms with E-state index in [9.17, 15) is 22.0 Å². The van der Waals surface area contributed by atoms with Crippen LogP contribution in [0.5, 0.6) is 0 Å². The molecule has 1 unspecified atom stereocenters. The van der Waals surface area contributed by atoms with Gasteiger partial charge in [-0.2, -0.15) is 13.2 Å². The van der Waals surface area contributed by atoms with Crippen LogP contribution >= 0.6 is 11.6 Å². The number of aliphatic hydroxyl groups excluding tert-OH is 1. The van der Waals surface area contributed by atoms with Gasteiger partial charge in [0.1, 0.15) is 11.6 Å². The second-order valence-corrected chi connectivity index (χ2v) is 3.49. The predicted molar refractivity (Wildman–Crippen MR) is 47.1 cm³/mol. The average Bonchev–Trinajstić information content (AvgIpc) is 2.17. The Morgan fingerprint density at radius 1 is 1.25 bits per heavy atom. The number of hydrogen-bond donors (Lipinski definition) is 1. The summed E-state index contributed by atoms with van der Waals surface area (Å²) in [5, 5.41) is 8.18. The molecule has 0 amide bonds. The predicted octanol–water partition coefficient (Wildman–Crippen LogP) is 3.08. The van der Waals surface area contributed by atoms with Crippen LogP contribution in [0, 0.1) is 11.6 Å². The Bertz CT molecular complexity index is 390. The van der Waals surface area contributed by atoms with Crippen LogP contribution in [0.3, 0.4) is 0 Å². The van der Waals surface area contributed by atoms with Crippen molar-refractivity contribution in [3.05, 3.63) is 34.4 Å². The van der Waals surface area contributed by atoms with Crippen molar-refractivity contribution in [3.8, 4) is 0 Å². The Labute approximate surface area is 92.5 Å². The van der Waals surface area contributed by atoms with Gasteiger partial charge >= 0.3 is 6.18 Å². The van der Waals surface area contributed by atoms with E-state index in [0.717, 1.165) is 12.1 Å². The molecule has 16 heavy (non-hydrogen) atoms. The monoisotopic (exact) mass is 260 g/mol. The first kappa shape index (κ1) is 13.2. The van der Waals surface area contributed by atoms with E-state index in [1.54, 1.807) is 0 Å². The molecule has 0 aromatic heterocycles. The molecule has 0 aliphatic rings. The number of halogens is 6. The first-order valence-electron chi connectivity index (χ1n) is 4.10. The zero-order valence-corrected chi connectivity index (χ0v) is 8.41. The molecule has 1 N–H and O–H groups in total. The van der Waals surface area contributed by atoms with E-state index in [1.165, 1.54) is 0 Å². The molecule has 0 fully saturated rings. The highest BCUT2D eigenvalue weighted by molar-refractivity contribution is 6.30. The van der Waals surface area contributed by atoms with Crippen LogP contribution in [0.15, 0.2) is 12.1 Å². The highest BCUT2D eigenvalue weighted by atomic mass is 35.5. The van der Waals surface area contributed by atoms with E-state index in [-0.39, 0.29) is 0 Å². The number of rotatable bonds is 2. The summed E-state index contributed by atoms with van der Waals surface area (Å²) in [6.07, 6.45) is -8.96. The Hall–Kier alpha value is -0.880. The van der Waals surface area contributed by atoms with Crippen LogP contribution in [-0.2, 0) is 6.42 Å². The molecule has 1 aromatic carbocycles. The van der Waals surface area contributed by atoms with Crippen LogP contribution in [0.2, 0.25) is 5.02 Å². The minimum Gasteiger partial charge on any atom is -0.383 e. The van der Waals surface area contributed by atoms with Gasteiger partial charge < -0.3 is 5.11 Å². The van der Waals surface area contributed by atoms with Gasteiger partial charge in [0.25, 0.3) is 0 Å². The maximum atomic E-state index is 13.2. The Kier molecular flexibility index (Phi) is 3.75. The van der Waals surface area contributed by atoms with Crippen molar-refractivity contribution in [2.24, 2.45) is 0 Å². The quantitative estimate of drug-likeness (QED) is 0.640. The first-order chi connectivity index (χ1) is 7.23. The SMILES string of the molecule is OC(Cc1c(F)ccc(Cl)c1F)C(F)(F)F. The normalized spacial score (nSPS) is 13.9. The minimum absolute atomic E-state index is 0.495. The van der Waals surface area contributed by atoms with E-state index >= 15 is 0 Å². The molecule has 0 saturated heterocycles. The molecule has 1 nitrogen and oxygen atoms in total. The fraction of sp³-hybridized carbons (Fsp3) is 0.333. The third kappa shape index (κ3) is 2.82. The molecule has 90 valence electrons. The summed E-state index contributed by atoms with van der Waals surface area (Å²) < 4.78 is 62.1. The molecule has 1 rings (SSSR count). The number of benzene rings is 1. The smallest absolute Gasteiger partial charge is 0.383 e. The topological polar surface area (TPSA) is 20.2 Å². The third-order valence-electron chi connectivity index (χ3n) is 1.91. The standard InChI is InChI=1S/C9H6ClF5O/c10-5-1-2-6(11)4(8(5)12)3-7(16)9(13,14)15/h1-2,7,16H,3H2. The minimum atomic E-state index is -4.93. The molecule has 0 bridgehead atoms. The van der Waals surface area contributed by atoms with Gasteiger partial charge in [-0.25, -0.2) is 8.78 Å². The molecule has 1 aromatic rings. The number of aliphatic hydroxyl groups is 1. The van der Waals surface area contributed by atoms with Crippen molar-refractivity contribution in [1.29, 1.82) is 0 Å². The Morgan fingerprint density at radius 2 is 1.81 bits per heavy atom. The lowest BCUT2D eigenvalue weighted by atomic mass is 10.1. The molecule has 1 atom stereocenters. The van der Waals surface area contributed by atoms with Crippen LogP contribution in [0.25, 0.3) is 0 Å². The maximum absolute atomic E-state index is 13.2. The molecule has 0 aliphatic carbocycles. The molecule has 0 spiro atoms. The second-order valence-electron chi connectivity index (χ2n) is 3.08. The van der Waals surface area contributed by atoms with Crippen LogP contribution in [0.1, 0.15) is 5.56 Å². The molecule has 0 aliphatic heterocycles. The van der Waals surface area contributed by atoms with E-state index in [0.29, 0.717) is 0 Å². The zero-order chi connectivity index (χ0) is 12.5. The molecule has 0 radical (unpaired) electrons. The van der Waals surface area contributed by atoms with Crippen LogP contribution in [0.4, 0.5) is 22.0 Å². The van der Waals surface area contributed by atoms with Crippen molar-refractivity contribution < 1.29 is 27.1 Å². The summed E-state index contributed by atoms with van der Waals surface area (Å²) in [6.45, 7) is 0. The van der Waals surface area contributed by atoms with Crippen molar-refractivity contribution in [1.82, 2.24) is 0 Å².